The minimum absolute atomic E-state index is 0.0144. The normalized spacial score (nSPS) is 15.7. The summed E-state index contributed by atoms with van der Waals surface area (Å²) in [5.74, 6) is 2.50. The highest BCUT2D eigenvalue weighted by Gasteiger charge is 2.28. The van der Waals surface area contributed by atoms with E-state index >= 15 is 0 Å². The van der Waals surface area contributed by atoms with Gasteiger partial charge in [0, 0.05) is 30.8 Å². The zero-order valence-corrected chi connectivity index (χ0v) is 19.0. The Morgan fingerprint density at radius 2 is 1.85 bits per heavy atom. The van der Waals surface area contributed by atoms with Gasteiger partial charge in [0.2, 0.25) is 11.7 Å². The maximum absolute atomic E-state index is 12.9. The van der Waals surface area contributed by atoms with Gasteiger partial charge in [-0.2, -0.15) is 4.98 Å². The molecule has 4 rings (SSSR count). The maximum Gasteiger partial charge on any atom is 0.324 e. The van der Waals surface area contributed by atoms with Crippen LogP contribution in [-0.4, -0.2) is 50.5 Å². The fraction of sp³-hybridized carbons (Fsp3) is 0.375. The first-order chi connectivity index (χ1) is 16.1. The van der Waals surface area contributed by atoms with Crippen molar-refractivity contribution in [2.45, 2.75) is 19.4 Å². The van der Waals surface area contributed by atoms with E-state index in [9.17, 15) is 4.79 Å². The van der Waals surface area contributed by atoms with E-state index in [-0.39, 0.29) is 11.8 Å². The quantitative estimate of drug-likeness (QED) is 0.556. The van der Waals surface area contributed by atoms with Gasteiger partial charge in [-0.05, 0) is 55.3 Å². The van der Waals surface area contributed by atoms with Crippen LogP contribution in [0.2, 0.25) is 0 Å². The molecular formula is C24H28N4O5. The molecule has 9 nitrogen and oxygen atoms in total. The second-order valence-electron chi connectivity index (χ2n) is 7.81. The molecule has 1 saturated heterocycles. The van der Waals surface area contributed by atoms with Crippen molar-refractivity contribution < 1.29 is 23.5 Å². The Balaban J connectivity index is 1.38. The van der Waals surface area contributed by atoms with E-state index in [4.69, 9.17) is 18.7 Å². The number of amides is 1. The highest BCUT2D eigenvalue weighted by Crippen LogP contribution is 2.27. The van der Waals surface area contributed by atoms with E-state index in [0.29, 0.717) is 36.4 Å². The highest BCUT2D eigenvalue weighted by atomic mass is 16.5. The van der Waals surface area contributed by atoms with Gasteiger partial charge in [0.25, 0.3) is 0 Å². The van der Waals surface area contributed by atoms with Crippen LogP contribution in [0.15, 0.2) is 47.0 Å². The van der Waals surface area contributed by atoms with E-state index in [1.165, 1.54) is 0 Å². The lowest BCUT2D eigenvalue weighted by atomic mass is 9.97. The smallest absolute Gasteiger partial charge is 0.324 e. The number of carbonyl (C=O) groups excluding carboxylic acids is 1. The number of rotatable bonds is 8. The number of aromatic nitrogens is 2. The van der Waals surface area contributed by atoms with Crippen molar-refractivity contribution in [3.63, 3.8) is 0 Å². The van der Waals surface area contributed by atoms with E-state index < -0.39 is 0 Å². The third-order valence-corrected chi connectivity index (χ3v) is 5.77. The number of nitrogens with one attached hydrogen (secondary N) is 1. The molecule has 0 saturated carbocycles. The molecule has 1 aliphatic rings. The van der Waals surface area contributed by atoms with Crippen molar-refractivity contribution in [2.24, 2.45) is 5.92 Å². The van der Waals surface area contributed by atoms with Gasteiger partial charge in [-0.25, -0.2) is 0 Å². The molecule has 1 aromatic heterocycles. The molecule has 33 heavy (non-hydrogen) atoms. The summed E-state index contributed by atoms with van der Waals surface area (Å²) in [4.78, 5) is 19.4. The first-order valence-electron chi connectivity index (χ1n) is 10.8. The highest BCUT2D eigenvalue weighted by molar-refractivity contribution is 5.79. The molecule has 3 aromatic rings. The molecule has 174 valence electrons. The van der Waals surface area contributed by atoms with Gasteiger partial charge in [0.05, 0.1) is 27.2 Å². The van der Waals surface area contributed by atoms with Crippen LogP contribution in [0.25, 0.3) is 11.4 Å². The number of nitrogens with zero attached hydrogens (tertiary/aromatic N) is 3. The summed E-state index contributed by atoms with van der Waals surface area (Å²) in [6.07, 6.45) is 1.66. The number of benzene rings is 2. The summed E-state index contributed by atoms with van der Waals surface area (Å²) in [5, 5.41) is 7.13. The van der Waals surface area contributed by atoms with E-state index in [0.717, 1.165) is 36.3 Å². The number of ether oxygens (including phenoxy) is 3. The van der Waals surface area contributed by atoms with Gasteiger partial charge in [0.1, 0.15) is 17.2 Å². The largest absolute Gasteiger partial charge is 0.497 e. The van der Waals surface area contributed by atoms with E-state index in [1.807, 2.05) is 47.4 Å². The first kappa shape index (κ1) is 22.4. The Morgan fingerprint density at radius 3 is 2.58 bits per heavy atom. The van der Waals surface area contributed by atoms with Crippen LogP contribution >= 0.6 is 0 Å². The van der Waals surface area contributed by atoms with Crippen molar-refractivity contribution in [1.29, 1.82) is 0 Å². The molecule has 1 amide bonds. The predicted octanol–water partition coefficient (Wildman–Crippen LogP) is 3.30. The van der Waals surface area contributed by atoms with Crippen molar-refractivity contribution in [3.05, 3.63) is 48.0 Å². The van der Waals surface area contributed by atoms with Gasteiger partial charge in [0.15, 0.2) is 0 Å². The molecule has 1 aliphatic heterocycles. The molecule has 1 atom stereocenters. The van der Waals surface area contributed by atoms with Gasteiger partial charge >= 0.3 is 6.01 Å². The van der Waals surface area contributed by atoms with Crippen molar-refractivity contribution in [1.82, 2.24) is 15.5 Å². The van der Waals surface area contributed by atoms with Crippen LogP contribution in [0.4, 0.5) is 6.01 Å². The fourth-order valence-electron chi connectivity index (χ4n) is 3.91. The average molecular weight is 453 g/mol. The van der Waals surface area contributed by atoms with Crippen LogP contribution in [-0.2, 0) is 11.3 Å². The fourth-order valence-corrected chi connectivity index (χ4v) is 3.91. The number of carbonyl (C=O) groups is 1. The van der Waals surface area contributed by atoms with Crippen molar-refractivity contribution >= 4 is 11.9 Å². The summed E-state index contributed by atoms with van der Waals surface area (Å²) in [7, 11) is 4.84. The first-order valence-corrected chi connectivity index (χ1v) is 10.8. The topological polar surface area (TPSA) is 99.0 Å². The molecular weight excluding hydrogens is 424 g/mol. The van der Waals surface area contributed by atoms with Gasteiger partial charge in [-0.3, -0.25) is 4.79 Å². The lowest BCUT2D eigenvalue weighted by Crippen LogP contribution is -2.43. The minimum Gasteiger partial charge on any atom is -0.497 e. The van der Waals surface area contributed by atoms with Crippen LogP contribution in [0, 0.1) is 5.92 Å². The second kappa shape index (κ2) is 10.2. The summed E-state index contributed by atoms with van der Waals surface area (Å²) < 4.78 is 21.4. The second-order valence-corrected chi connectivity index (χ2v) is 7.81. The van der Waals surface area contributed by atoms with E-state index in [2.05, 4.69) is 15.5 Å². The SMILES string of the molecule is COc1ccc(-c2noc(N3CCCC(C(=O)NCc4cc(OC)ccc4OC)C3)n2)cc1. The maximum atomic E-state index is 12.9. The summed E-state index contributed by atoms with van der Waals surface area (Å²) in [6, 6.07) is 13.4. The Bertz CT molecular complexity index is 1080. The molecule has 1 unspecified atom stereocenters. The Labute approximate surface area is 192 Å². The molecule has 0 radical (unpaired) electrons. The van der Waals surface area contributed by atoms with Crippen LogP contribution < -0.4 is 24.4 Å². The number of hydrogen-bond donors (Lipinski definition) is 1. The molecule has 1 fully saturated rings. The van der Waals surface area contributed by atoms with Crippen LogP contribution in [0.5, 0.6) is 17.2 Å². The van der Waals surface area contributed by atoms with Crippen LogP contribution in [0.1, 0.15) is 18.4 Å². The summed E-state index contributed by atoms with van der Waals surface area (Å²) in [5.41, 5.74) is 1.70. The standard InChI is InChI=1S/C24H28N4O5/c1-30-19-8-6-16(7-9-19)22-26-24(33-27-22)28-12-4-5-17(15-28)23(29)25-14-18-13-20(31-2)10-11-21(18)32-3/h6-11,13,17H,4-5,12,14-15H2,1-3H3,(H,25,29). The number of methoxy groups -OCH3 is 3. The molecule has 0 spiro atoms. The lowest BCUT2D eigenvalue weighted by Gasteiger charge is -2.30. The molecule has 1 N–H and O–H groups in total. The van der Waals surface area contributed by atoms with Crippen molar-refractivity contribution in [3.8, 4) is 28.6 Å². The molecule has 0 bridgehead atoms. The van der Waals surface area contributed by atoms with Crippen molar-refractivity contribution in [2.75, 3.05) is 39.3 Å². The Morgan fingerprint density at radius 1 is 1.09 bits per heavy atom. The Kier molecular flexibility index (Phi) is 6.97. The molecule has 2 heterocycles. The number of hydrogen-bond acceptors (Lipinski definition) is 8. The van der Waals surface area contributed by atoms with Crippen LogP contribution in [0.3, 0.4) is 0 Å². The van der Waals surface area contributed by atoms with Gasteiger partial charge in [-0.1, -0.05) is 5.16 Å². The predicted molar refractivity (Wildman–Crippen MR) is 123 cm³/mol. The summed E-state index contributed by atoms with van der Waals surface area (Å²) >= 11 is 0. The molecule has 9 heteroatoms. The number of piperidine rings is 1. The van der Waals surface area contributed by atoms with E-state index in [1.54, 1.807) is 21.3 Å². The average Bonchev–Trinajstić information content (AvgIpc) is 3.37. The molecule has 0 aliphatic carbocycles. The van der Waals surface area contributed by atoms with Gasteiger partial charge < -0.3 is 29.0 Å². The summed E-state index contributed by atoms with van der Waals surface area (Å²) in [6.45, 7) is 1.64. The third-order valence-electron chi connectivity index (χ3n) is 5.77. The Hall–Kier alpha value is -3.75. The third kappa shape index (κ3) is 5.19. The number of anilines is 1. The minimum atomic E-state index is -0.174. The lowest BCUT2D eigenvalue weighted by molar-refractivity contribution is -0.125. The zero-order chi connectivity index (χ0) is 23.2. The zero-order valence-electron chi connectivity index (χ0n) is 19.0. The van der Waals surface area contributed by atoms with Gasteiger partial charge in [-0.15, -0.1) is 0 Å². The monoisotopic (exact) mass is 452 g/mol. The molecule has 2 aromatic carbocycles.